The Morgan fingerprint density at radius 1 is 1.30 bits per heavy atom. The molecule has 7 nitrogen and oxygen atoms in total. The van der Waals surface area contributed by atoms with Crippen molar-refractivity contribution in [3.63, 3.8) is 0 Å². The van der Waals surface area contributed by atoms with Crippen LogP contribution in [0, 0.1) is 0 Å². The Hall–Kier alpha value is -2.31. The summed E-state index contributed by atoms with van der Waals surface area (Å²) in [5, 5.41) is 3.10. The van der Waals surface area contributed by atoms with Crippen molar-refractivity contribution in [2.75, 3.05) is 11.9 Å². The lowest BCUT2D eigenvalue weighted by molar-refractivity contribution is 0.616. The fraction of sp³-hybridized carbons (Fsp3) is 0.462. The van der Waals surface area contributed by atoms with Crippen LogP contribution in [-0.2, 0) is 14.1 Å². The van der Waals surface area contributed by atoms with Gasteiger partial charge in [0.2, 0.25) is 5.95 Å². The first kappa shape index (κ1) is 14.1. The fourth-order valence-electron chi connectivity index (χ4n) is 2.21. The number of imidazole rings is 1. The highest BCUT2D eigenvalue weighted by atomic mass is 16.2. The van der Waals surface area contributed by atoms with Crippen LogP contribution in [0.15, 0.2) is 22.2 Å². The summed E-state index contributed by atoms with van der Waals surface area (Å²) in [7, 11) is 3.08. The lowest BCUT2D eigenvalue weighted by Gasteiger charge is -2.13. The Bertz CT molecular complexity index is 779. The summed E-state index contributed by atoms with van der Waals surface area (Å²) in [5.41, 5.74) is 0.0941. The topological polar surface area (TPSA) is 73.8 Å². The molecule has 0 aromatic carbocycles. The van der Waals surface area contributed by atoms with E-state index in [1.54, 1.807) is 17.7 Å². The van der Waals surface area contributed by atoms with E-state index in [2.05, 4.69) is 16.9 Å². The van der Waals surface area contributed by atoms with Gasteiger partial charge >= 0.3 is 5.69 Å². The largest absolute Gasteiger partial charge is 0.352 e. The maximum absolute atomic E-state index is 12.4. The molecule has 0 saturated carbocycles. The molecule has 1 N–H and O–H groups in total. The molecule has 2 aromatic rings. The summed E-state index contributed by atoms with van der Waals surface area (Å²) >= 11 is 0. The first-order valence-corrected chi connectivity index (χ1v) is 6.42. The van der Waals surface area contributed by atoms with Crippen LogP contribution in [0.2, 0.25) is 0 Å². The Labute approximate surface area is 116 Å². The second-order valence-corrected chi connectivity index (χ2v) is 4.95. The van der Waals surface area contributed by atoms with E-state index in [4.69, 9.17) is 0 Å². The van der Waals surface area contributed by atoms with Crippen LogP contribution in [0.25, 0.3) is 11.2 Å². The van der Waals surface area contributed by atoms with E-state index >= 15 is 0 Å². The molecule has 0 unspecified atom stereocenters. The predicted octanol–water partition coefficient (Wildman–Crippen LogP) is 0.612. The van der Waals surface area contributed by atoms with Gasteiger partial charge in [-0.3, -0.25) is 13.9 Å². The van der Waals surface area contributed by atoms with Crippen LogP contribution in [0.5, 0.6) is 0 Å². The van der Waals surface area contributed by atoms with Crippen LogP contribution in [-0.4, -0.2) is 25.2 Å². The van der Waals surface area contributed by atoms with E-state index < -0.39 is 0 Å². The zero-order valence-corrected chi connectivity index (χ0v) is 12.2. The van der Waals surface area contributed by atoms with E-state index in [9.17, 15) is 9.59 Å². The highest BCUT2D eigenvalue weighted by Gasteiger charge is 2.20. The minimum absolute atomic E-state index is 0.0394. The van der Waals surface area contributed by atoms with Crippen molar-refractivity contribution < 1.29 is 0 Å². The van der Waals surface area contributed by atoms with Crippen LogP contribution < -0.4 is 16.6 Å². The second-order valence-electron chi connectivity index (χ2n) is 4.95. The normalized spacial score (nSPS) is 11.2. The molecule has 0 bridgehead atoms. The molecule has 0 amide bonds. The number of rotatable bonds is 4. The number of aromatic nitrogens is 4. The summed E-state index contributed by atoms with van der Waals surface area (Å²) in [6.45, 7) is 8.11. The van der Waals surface area contributed by atoms with Crippen molar-refractivity contribution >= 4 is 17.1 Å². The van der Waals surface area contributed by atoms with E-state index in [0.29, 0.717) is 23.7 Å². The molecule has 0 aliphatic carbocycles. The van der Waals surface area contributed by atoms with Crippen molar-refractivity contribution in [2.24, 2.45) is 14.1 Å². The van der Waals surface area contributed by atoms with Crippen molar-refractivity contribution in [3.8, 4) is 0 Å². The van der Waals surface area contributed by atoms with Crippen LogP contribution >= 0.6 is 0 Å². The number of fused-ring (bicyclic) bond motifs is 1. The molecule has 0 atom stereocenters. The van der Waals surface area contributed by atoms with Gasteiger partial charge in [-0.15, -0.1) is 6.58 Å². The van der Waals surface area contributed by atoms with Crippen molar-refractivity contribution in [1.29, 1.82) is 0 Å². The van der Waals surface area contributed by atoms with Gasteiger partial charge in [0.05, 0.1) is 0 Å². The zero-order chi connectivity index (χ0) is 15.0. The average molecular weight is 277 g/mol. The Morgan fingerprint density at radius 3 is 2.50 bits per heavy atom. The fourth-order valence-corrected chi connectivity index (χ4v) is 2.21. The van der Waals surface area contributed by atoms with Gasteiger partial charge in [0.15, 0.2) is 11.2 Å². The Morgan fingerprint density at radius 2 is 1.95 bits per heavy atom. The molecule has 2 rings (SSSR count). The van der Waals surface area contributed by atoms with E-state index in [1.807, 2.05) is 13.8 Å². The number of nitrogens with zero attached hydrogens (tertiary/aromatic N) is 4. The van der Waals surface area contributed by atoms with Crippen molar-refractivity contribution in [2.45, 2.75) is 19.9 Å². The third kappa shape index (κ3) is 1.95. The highest BCUT2D eigenvalue weighted by molar-refractivity contribution is 5.74. The molecule has 0 saturated heterocycles. The summed E-state index contributed by atoms with van der Waals surface area (Å²) in [4.78, 5) is 28.7. The molecular weight excluding hydrogens is 258 g/mol. The minimum atomic E-state index is -0.383. The predicted molar refractivity (Wildman–Crippen MR) is 79.3 cm³/mol. The average Bonchev–Trinajstić information content (AvgIpc) is 2.80. The van der Waals surface area contributed by atoms with Gasteiger partial charge in [-0.2, -0.15) is 4.98 Å². The first-order valence-electron chi connectivity index (χ1n) is 6.42. The Balaban J connectivity index is 2.92. The molecule has 7 heteroatoms. The zero-order valence-electron chi connectivity index (χ0n) is 12.2. The lowest BCUT2D eigenvalue weighted by Crippen LogP contribution is -2.37. The van der Waals surface area contributed by atoms with Gasteiger partial charge in [0, 0.05) is 26.7 Å². The number of hydrogen-bond donors (Lipinski definition) is 1. The van der Waals surface area contributed by atoms with Gasteiger partial charge in [-0.1, -0.05) is 6.08 Å². The third-order valence-corrected chi connectivity index (χ3v) is 3.21. The maximum atomic E-state index is 12.4. The summed E-state index contributed by atoms with van der Waals surface area (Å²) in [5.74, 6) is 0.563. The SMILES string of the molecule is C=CCNc1nc2c(c(=O)n(C)c(=O)n2C)n1C(C)C. The molecule has 0 spiro atoms. The van der Waals surface area contributed by atoms with Crippen LogP contribution in [0.1, 0.15) is 19.9 Å². The van der Waals surface area contributed by atoms with Gasteiger partial charge in [0.25, 0.3) is 5.56 Å². The van der Waals surface area contributed by atoms with Crippen molar-refractivity contribution in [3.05, 3.63) is 33.5 Å². The lowest BCUT2D eigenvalue weighted by atomic mass is 10.3. The molecule has 2 aromatic heterocycles. The summed E-state index contributed by atoms with van der Waals surface area (Å²) in [6.07, 6.45) is 1.71. The monoisotopic (exact) mass is 277 g/mol. The molecule has 0 radical (unpaired) electrons. The third-order valence-electron chi connectivity index (χ3n) is 3.21. The number of nitrogens with one attached hydrogen (secondary N) is 1. The molecule has 0 aliphatic rings. The molecular formula is C13H19N5O2. The Kier molecular flexibility index (Phi) is 3.52. The van der Waals surface area contributed by atoms with Gasteiger partial charge in [-0.05, 0) is 13.8 Å². The smallest absolute Gasteiger partial charge is 0.332 e. The number of anilines is 1. The van der Waals surface area contributed by atoms with Gasteiger partial charge in [0.1, 0.15) is 0 Å². The molecule has 0 fully saturated rings. The molecule has 0 aliphatic heterocycles. The van der Waals surface area contributed by atoms with E-state index in [0.717, 1.165) is 4.57 Å². The standard InChI is InChI=1S/C13H19N5O2/c1-6-7-14-12-15-10-9(18(12)8(2)3)11(19)17(5)13(20)16(10)4/h6,8H,1,7H2,2-5H3,(H,14,15). The van der Waals surface area contributed by atoms with Crippen LogP contribution in [0.4, 0.5) is 5.95 Å². The second kappa shape index (κ2) is 4.99. The van der Waals surface area contributed by atoms with Crippen molar-refractivity contribution in [1.82, 2.24) is 18.7 Å². The molecule has 108 valence electrons. The summed E-state index contributed by atoms with van der Waals surface area (Å²) in [6, 6.07) is 0.0394. The van der Waals surface area contributed by atoms with Crippen LogP contribution in [0.3, 0.4) is 0 Å². The summed E-state index contributed by atoms with van der Waals surface area (Å²) < 4.78 is 4.29. The first-order chi connectivity index (χ1) is 9.40. The van der Waals surface area contributed by atoms with E-state index in [1.165, 1.54) is 11.6 Å². The highest BCUT2D eigenvalue weighted by Crippen LogP contribution is 2.20. The number of aryl methyl sites for hydroxylation is 1. The van der Waals surface area contributed by atoms with Gasteiger partial charge in [-0.25, -0.2) is 4.79 Å². The molecule has 2 heterocycles. The quantitative estimate of drug-likeness (QED) is 0.831. The van der Waals surface area contributed by atoms with Gasteiger partial charge < -0.3 is 9.88 Å². The maximum Gasteiger partial charge on any atom is 0.332 e. The van der Waals surface area contributed by atoms with E-state index in [-0.39, 0.29) is 17.3 Å². The number of hydrogen-bond acceptors (Lipinski definition) is 4. The molecule has 20 heavy (non-hydrogen) atoms. The minimum Gasteiger partial charge on any atom is -0.352 e.